The number of Topliss-reactive ketones (excluding diaryl/α,β-unsaturated/α-hetero) is 1. The fourth-order valence-electron chi connectivity index (χ4n) is 4.82. The number of carbonyl (C=O) groups excluding carboxylic acids is 2. The van der Waals surface area contributed by atoms with Gasteiger partial charge in [-0.15, -0.1) is 12.3 Å². The lowest BCUT2D eigenvalue weighted by Crippen LogP contribution is -2.32. The molecule has 5 heteroatoms. The summed E-state index contributed by atoms with van der Waals surface area (Å²) in [6.45, 7) is 8.11. The van der Waals surface area contributed by atoms with Crippen molar-refractivity contribution in [3.05, 3.63) is 17.0 Å². The first-order valence-electron chi connectivity index (χ1n) is 11.2. The van der Waals surface area contributed by atoms with Crippen LogP contribution in [0.4, 0.5) is 0 Å². The molecule has 158 valence electrons. The monoisotopic (exact) mass is 397 g/mol. The maximum Gasteiger partial charge on any atom is 0.224 e. The quantitative estimate of drug-likeness (QED) is 0.472. The number of fused-ring (bicyclic) bond motifs is 1. The molecule has 0 saturated carbocycles. The van der Waals surface area contributed by atoms with Crippen molar-refractivity contribution in [2.24, 2.45) is 5.41 Å². The second-order valence-electron chi connectivity index (χ2n) is 9.38. The zero-order valence-electron chi connectivity index (χ0n) is 18.3. The van der Waals surface area contributed by atoms with E-state index in [1.54, 1.807) is 0 Å². The Balaban J connectivity index is 1.92. The Hall–Kier alpha value is -2.09. The highest BCUT2D eigenvalue weighted by Gasteiger charge is 2.41. The molecule has 2 heterocycles. The first kappa shape index (κ1) is 21.6. The van der Waals surface area contributed by atoms with Gasteiger partial charge in [-0.25, -0.2) is 0 Å². The number of aryl methyl sites for hydroxylation is 1. The number of aromatic nitrogens is 2. The van der Waals surface area contributed by atoms with Crippen molar-refractivity contribution in [3.63, 3.8) is 0 Å². The van der Waals surface area contributed by atoms with Gasteiger partial charge in [0.05, 0.1) is 23.0 Å². The van der Waals surface area contributed by atoms with Crippen LogP contribution in [0.2, 0.25) is 0 Å². The summed E-state index contributed by atoms with van der Waals surface area (Å²) in [4.78, 5) is 27.7. The first-order chi connectivity index (χ1) is 13.9. The molecule has 1 atom stereocenters. The number of terminal acetylenes is 1. The summed E-state index contributed by atoms with van der Waals surface area (Å²) in [5, 5.41) is 4.96. The number of carbonyl (C=O) groups is 2. The lowest BCUT2D eigenvalue weighted by Gasteiger charge is -2.30. The number of unbranched alkanes of at least 4 members (excludes halogenated alkanes) is 3. The van der Waals surface area contributed by atoms with E-state index in [1.165, 1.54) is 19.3 Å². The molecule has 0 spiro atoms. The molecule has 29 heavy (non-hydrogen) atoms. The maximum absolute atomic E-state index is 13.1. The highest BCUT2D eigenvalue weighted by molar-refractivity contribution is 6.00. The van der Waals surface area contributed by atoms with Gasteiger partial charge in [-0.05, 0) is 31.1 Å². The van der Waals surface area contributed by atoms with Crippen molar-refractivity contribution in [3.8, 4) is 12.3 Å². The summed E-state index contributed by atoms with van der Waals surface area (Å²) in [5.74, 6) is 2.83. The van der Waals surface area contributed by atoms with Gasteiger partial charge in [0.15, 0.2) is 5.78 Å². The summed E-state index contributed by atoms with van der Waals surface area (Å²) < 4.78 is 2.08. The molecule has 0 N–H and O–H groups in total. The molecule has 1 fully saturated rings. The molecule has 1 aliphatic heterocycles. The normalized spacial score (nSPS) is 20.6. The van der Waals surface area contributed by atoms with Crippen LogP contribution in [0.15, 0.2) is 0 Å². The fraction of sp³-hybridized carbons (Fsp3) is 0.708. The summed E-state index contributed by atoms with van der Waals surface area (Å²) in [7, 11) is 0. The standard InChI is InChI=1S/C24H35N3O2/c1-5-7-9-10-15-27-19-16-24(3,4)17-20(28)22(19)23(25-27)18-12-11-14-26(18)21(29)13-8-6-2/h2,18H,5,7-17H2,1,3-4H3/t18-/m0/s1. The molecule has 0 radical (unpaired) electrons. The molecular weight excluding hydrogens is 362 g/mol. The van der Waals surface area contributed by atoms with Crippen LogP contribution < -0.4 is 0 Å². The third kappa shape index (κ3) is 4.74. The Kier molecular flexibility index (Phi) is 6.82. The second kappa shape index (κ2) is 9.15. The Morgan fingerprint density at radius 1 is 1.28 bits per heavy atom. The van der Waals surface area contributed by atoms with Gasteiger partial charge < -0.3 is 4.90 Å². The van der Waals surface area contributed by atoms with Gasteiger partial charge >= 0.3 is 0 Å². The largest absolute Gasteiger partial charge is 0.334 e. The predicted octanol–water partition coefficient (Wildman–Crippen LogP) is 4.70. The van der Waals surface area contributed by atoms with E-state index in [1.807, 2.05) is 4.90 Å². The van der Waals surface area contributed by atoms with Crippen LogP contribution in [-0.4, -0.2) is 32.9 Å². The van der Waals surface area contributed by atoms with Gasteiger partial charge in [0.1, 0.15) is 0 Å². The second-order valence-corrected chi connectivity index (χ2v) is 9.38. The average molecular weight is 398 g/mol. The number of hydrogen-bond donors (Lipinski definition) is 0. The fourth-order valence-corrected chi connectivity index (χ4v) is 4.82. The Morgan fingerprint density at radius 2 is 2.07 bits per heavy atom. The third-order valence-electron chi connectivity index (χ3n) is 6.24. The van der Waals surface area contributed by atoms with E-state index in [2.05, 4.69) is 31.4 Å². The zero-order chi connectivity index (χ0) is 21.0. The summed E-state index contributed by atoms with van der Waals surface area (Å²) in [5.41, 5.74) is 2.69. The number of amides is 1. The molecule has 2 aliphatic rings. The van der Waals surface area contributed by atoms with E-state index >= 15 is 0 Å². The number of hydrogen-bond acceptors (Lipinski definition) is 3. The van der Waals surface area contributed by atoms with Crippen LogP contribution in [0.1, 0.15) is 106 Å². The molecule has 1 aromatic rings. The lowest BCUT2D eigenvalue weighted by molar-refractivity contribution is -0.132. The Morgan fingerprint density at radius 3 is 2.79 bits per heavy atom. The van der Waals surface area contributed by atoms with E-state index < -0.39 is 0 Å². The smallest absolute Gasteiger partial charge is 0.224 e. The van der Waals surface area contributed by atoms with Crippen molar-refractivity contribution < 1.29 is 9.59 Å². The van der Waals surface area contributed by atoms with Crippen molar-refractivity contribution in [1.82, 2.24) is 14.7 Å². The Bertz CT molecular complexity index is 800. The minimum atomic E-state index is -0.0870. The van der Waals surface area contributed by atoms with Gasteiger partial charge in [0.2, 0.25) is 5.91 Å². The topological polar surface area (TPSA) is 55.2 Å². The first-order valence-corrected chi connectivity index (χ1v) is 11.2. The summed E-state index contributed by atoms with van der Waals surface area (Å²) in [6.07, 6.45) is 14.1. The van der Waals surface area contributed by atoms with E-state index in [4.69, 9.17) is 11.5 Å². The molecule has 1 aliphatic carbocycles. The van der Waals surface area contributed by atoms with Crippen LogP contribution in [0.5, 0.6) is 0 Å². The zero-order valence-corrected chi connectivity index (χ0v) is 18.3. The van der Waals surface area contributed by atoms with E-state index in [9.17, 15) is 9.59 Å². The van der Waals surface area contributed by atoms with Gasteiger partial charge in [-0.3, -0.25) is 14.3 Å². The van der Waals surface area contributed by atoms with Crippen molar-refractivity contribution >= 4 is 11.7 Å². The minimum Gasteiger partial charge on any atom is -0.334 e. The van der Waals surface area contributed by atoms with Gasteiger partial charge in [0.25, 0.3) is 0 Å². The molecule has 1 saturated heterocycles. The van der Waals surface area contributed by atoms with Gasteiger partial charge in [-0.2, -0.15) is 5.10 Å². The van der Waals surface area contributed by atoms with E-state index in [0.717, 1.165) is 55.7 Å². The summed E-state index contributed by atoms with van der Waals surface area (Å²) in [6, 6.07) is -0.0870. The van der Waals surface area contributed by atoms with Gasteiger partial charge in [-0.1, -0.05) is 40.0 Å². The Labute approximate surface area is 175 Å². The maximum atomic E-state index is 13.1. The van der Waals surface area contributed by atoms with Crippen molar-refractivity contribution in [2.75, 3.05) is 6.54 Å². The number of rotatable bonds is 8. The third-order valence-corrected chi connectivity index (χ3v) is 6.24. The van der Waals surface area contributed by atoms with E-state index in [0.29, 0.717) is 19.3 Å². The van der Waals surface area contributed by atoms with Crippen LogP contribution >= 0.6 is 0 Å². The number of nitrogens with zero attached hydrogens (tertiary/aromatic N) is 3. The van der Waals surface area contributed by atoms with Crippen LogP contribution in [-0.2, 0) is 17.8 Å². The molecule has 1 amide bonds. The molecule has 0 aromatic carbocycles. The van der Waals surface area contributed by atoms with Gasteiger partial charge in [0, 0.05) is 32.4 Å². The molecule has 0 bridgehead atoms. The van der Waals surface area contributed by atoms with Crippen molar-refractivity contribution in [1.29, 1.82) is 0 Å². The SMILES string of the molecule is C#CCCC(=O)N1CCC[C@H]1c1nn(CCCCCC)c2c1C(=O)CC(C)(C)C2. The highest BCUT2D eigenvalue weighted by atomic mass is 16.2. The average Bonchev–Trinajstić information content (AvgIpc) is 3.27. The van der Waals surface area contributed by atoms with Crippen LogP contribution in [0.3, 0.4) is 0 Å². The molecule has 5 nitrogen and oxygen atoms in total. The highest BCUT2D eigenvalue weighted by Crippen LogP contribution is 2.41. The van der Waals surface area contributed by atoms with Crippen LogP contribution in [0.25, 0.3) is 0 Å². The molecule has 3 rings (SSSR count). The molecular formula is C24H35N3O2. The summed E-state index contributed by atoms with van der Waals surface area (Å²) >= 11 is 0. The molecule has 0 unspecified atom stereocenters. The number of likely N-dealkylation sites (tertiary alicyclic amines) is 1. The van der Waals surface area contributed by atoms with Crippen molar-refractivity contribution in [2.45, 2.75) is 97.6 Å². The van der Waals surface area contributed by atoms with Crippen LogP contribution in [0, 0.1) is 17.8 Å². The number of ketones is 1. The molecule has 1 aromatic heterocycles. The minimum absolute atomic E-state index is 0.0411. The lowest BCUT2D eigenvalue weighted by atomic mass is 9.75. The predicted molar refractivity (Wildman–Crippen MR) is 115 cm³/mol. The van der Waals surface area contributed by atoms with E-state index in [-0.39, 0.29) is 23.1 Å².